The normalized spacial score (nSPS) is 13.3. The molecule has 0 aliphatic rings. The van der Waals surface area contributed by atoms with Gasteiger partial charge in [0.15, 0.2) is 0 Å². The van der Waals surface area contributed by atoms with Crippen molar-refractivity contribution in [3.63, 3.8) is 0 Å². The Balaban J connectivity index is 1.84. The van der Waals surface area contributed by atoms with E-state index in [1.54, 1.807) is 17.4 Å². The summed E-state index contributed by atoms with van der Waals surface area (Å²) in [6.07, 6.45) is 1.77. The molecule has 0 saturated carbocycles. The SMILES string of the molecule is CCCc1cc(=O)n2nc(NC(C)c3nc(C(C)(C)C)cs3)sc2n1. The van der Waals surface area contributed by atoms with E-state index < -0.39 is 0 Å². The van der Waals surface area contributed by atoms with Gasteiger partial charge in [0.25, 0.3) is 5.56 Å². The maximum Gasteiger partial charge on any atom is 0.275 e. The van der Waals surface area contributed by atoms with Crippen molar-refractivity contribution in [1.82, 2.24) is 19.6 Å². The molecule has 1 N–H and O–H groups in total. The summed E-state index contributed by atoms with van der Waals surface area (Å²) in [5.41, 5.74) is 1.82. The highest BCUT2D eigenvalue weighted by Crippen LogP contribution is 2.29. The summed E-state index contributed by atoms with van der Waals surface area (Å²) in [5, 5.41) is 11.5. The van der Waals surface area contributed by atoms with Gasteiger partial charge in [0.1, 0.15) is 5.01 Å². The number of fused-ring (bicyclic) bond motifs is 1. The van der Waals surface area contributed by atoms with Gasteiger partial charge in [-0.3, -0.25) is 4.79 Å². The van der Waals surface area contributed by atoms with E-state index >= 15 is 0 Å². The molecule has 0 aliphatic heterocycles. The quantitative estimate of drug-likeness (QED) is 0.727. The van der Waals surface area contributed by atoms with E-state index in [1.807, 2.05) is 0 Å². The second kappa shape index (κ2) is 6.84. The van der Waals surface area contributed by atoms with Crippen molar-refractivity contribution < 1.29 is 0 Å². The Morgan fingerprint density at radius 1 is 1.32 bits per heavy atom. The summed E-state index contributed by atoms with van der Waals surface area (Å²) in [4.78, 5) is 22.1. The predicted octanol–water partition coefficient (Wildman–Crippen LogP) is 4.03. The fourth-order valence-electron chi connectivity index (χ4n) is 2.38. The van der Waals surface area contributed by atoms with Crippen LogP contribution < -0.4 is 10.9 Å². The van der Waals surface area contributed by atoms with Gasteiger partial charge in [0.05, 0.1) is 11.7 Å². The summed E-state index contributed by atoms with van der Waals surface area (Å²) < 4.78 is 1.36. The van der Waals surface area contributed by atoms with Crippen LogP contribution in [0.3, 0.4) is 0 Å². The molecule has 0 saturated heterocycles. The number of aromatic nitrogens is 4. The zero-order valence-electron chi connectivity index (χ0n) is 15.2. The molecule has 3 aromatic heterocycles. The van der Waals surface area contributed by atoms with Crippen LogP contribution in [0.1, 0.15) is 63.5 Å². The zero-order chi connectivity index (χ0) is 18.2. The van der Waals surface area contributed by atoms with Gasteiger partial charge in [0, 0.05) is 22.6 Å². The van der Waals surface area contributed by atoms with Gasteiger partial charge in [-0.2, -0.15) is 4.52 Å². The largest absolute Gasteiger partial charge is 0.351 e. The number of nitrogens with one attached hydrogen (secondary N) is 1. The second-order valence-corrected chi connectivity index (χ2v) is 8.97. The van der Waals surface area contributed by atoms with Gasteiger partial charge in [-0.05, 0) is 13.3 Å². The third kappa shape index (κ3) is 3.90. The summed E-state index contributed by atoms with van der Waals surface area (Å²) in [6, 6.07) is 1.59. The molecule has 3 rings (SSSR count). The first-order valence-corrected chi connectivity index (χ1v) is 10.1. The number of hydrogen-bond donors (Lipinski definition) is 1. The molecule has 1 atom stereocenters. The lowest BCUT2D eigenvalue weighted by Gasteiger charge is -2.15. The predicted molar refractivity (Wildman–Crippen MR) is 104 cm³/mol. The van der Waals surface area contributed by atoms with Crippen LogP contribution in [0.15, 0.2) is 16.2 Å². The highest BCUT2D eigenvalue weighted by Gasteiger charge is 2.20. The Kier molecular flexibility index (Phi) is 4.92. The zero-order valence-corrected chi connectivity index (χ0v) is 16.8. The lowest BCUT2D eigenvalue weighted by Crippen LogP contribution is -2.16. The average Bonchev–Trinajstić information content (AvgIpc) is 3.13. The van der Waals surface area contributed by atoms with Crippen molar-refractivity contribution in [2.45, 2.75) is 58.9 Å². The minimum atomic E-state index is -0.130. The number of anilines is 1. The molecule has 3 aromatic rings. The average molecular weight is 378 g/mol. The minimum absolute atomic E-state index is 0.0208. The topological polar surface area (TPSA) is 72.2 Å². The molecule has 0 amide bonds. The van der Waals surface area contributed by atoms with Crippen LogP contribution in [-0.4, -0.2) is 19.6 Å². The number of nitrogens with zero attached hydrogens (tertiary/aromatic N) is 4. The third-order valence-corrected chi connectivity index (χ3v) is 5.67. The molecule has 25 heavy (non-hydrogen) atoms. The lowest BCUT2D eigenvalue weighted by atomic mass is 9.93. The van der Waals surface area contributed by atoms with Gasteiger partial charge in [-0.15, -0.1) is 16.4 Å². The van der Waals surface area contributed by atoms with Gasteiger partial charge < -0.3 is 5.32 Å². The highest BCUT2D eigenvalue weighted by molar-refractivity contribution is 7.20. The molecule has 6 nitrogen and oxygen atoms in total. The van der Waals surface area contributed by atoms with Crippen molar-refractivity contribution in [3.8, 4) is 0 Å². The minimum Gasteiger partial charge on any atom is -0.351 e. The first-order valence-electron chi connectivity index (χ1n) is 8.40. The van der Waals surface area contributed by atoms with Crippen LogP contribution in [0.2, 0.25) is 0 Å². The molecular weight excluding hydrogens is 354 g/mol. The molecule has 0 aromatic carbocycles. The molecule has 3 heterocycles. The Labute approximate surface area is 155 Å². The van der Waals surface area contributed by atoms with E-state index in [0.29, 0.717) is 10.1 Å². The van der Waals surface area contributed by atoms with E-state index in [-0.39, 0.29) is 17.0 Å². The summed E-state index contributed by atoms with van der Waals surface area (Å²) in [7, 11) is 0. The first kappa shape index (κ1) is 18.0. The summed E-state index contributed by atoms with van der Waals surface area (Å²) >= 11 is 3.04. The molecule has 0 aliphatic carbocycles. The fraction of sp³-hybridized carbons (Fsp3) is 0.529. The van der Waals surface area contributed by atoms with Crippen molar-refractivity contribution in [3.05, 3.63) is 38.2 Å². The molecule has 0 fully saturated rings. The van der Waals surface area contributed by atoms with Crippen LogP contribution in [-0.2, 0) is 11.8 Å². The molecule has 0 radical (unpaired) electrons. The second-order valence-electron chi connectivity index (χ2n) is 7.12. The smallest absolute Gasteiger partial charge is 0.275 e. The highest BCUT2D eigenvalue weighted by atomic mass is 32.1. The van der Waals surface area contributed by atoms with Gasteiger partial charge in [-0.1, -0.05) is 45.5 Å². The number of hydrogen-bond acceptors (Lipinski definition) is 7. The molecule has 0 spiro atoms. The standard InChI is InChI=1S/C17H23N5OS2/c1-6-7-11-8-13(23)22-16(19-11)25-15(21-22)18-10(2)14-20-12(9-24-14)17(3,4)5/h8-10H,6-7H2,1-5H3,(H,18,21). The van der Waals surface area contributed by atoms with Crippen LogP contribution in [0, 0.1) is 0 Å². The molecule has 134 valence electrons. The van der Waals surface area contributed by atoms with E-state index in [1.165, 1.54) is 15.9 Å². The van der Waals surface area contributed by atoms with E-state index in [2.05, 4.69) is 55.4 Å². The molecule has 8 heteroatoms. The van der Waals surface area contributed by atoms with Crippen molar-refractivity contribution >= 4 is 32.8 Å². The molecule has 1 unspecified atom stereocenters. The monoisotopic (exact) mass is 377 g/mol. The van der Waals surface area contributed by atoms with Gasteiger partial charge in [0.2, 0.25) is 10.1 Å². The van der Waals surface area contributed by atoms with E-state index in [9.17, 15) is 4.79 Å². The van der Waals surface area contributed by atoms with E-state index in [0.717, 1.165) is 29.2 Å². The van der Waals surface area contributed by atoms with Crippen LogP contribution >= 0.6 is 22.7 Å². The maximum absolute atomic E-state index is 12.2. The summed E-state index contributed by atoms with van der Waals surface area (Å²) in [6.45, 7) is 10.6. The van der Waals surface area contributed by atoms with Crippen molar-refractivity contribution in [1.29, 1.82) is 0 Å². The Morgan fingerprint density at radius 2 is 2.08 bits per heavy atom. The molecule has 0 bridgehead atoms. The van der Waals surface area contributed by atoms with Crippen LogP contribution in [0.4, 0.5) is 5.13 Å². The summed E-state index contributed by atoms with van der Waals surface area (Å²) in [5.74, 6) is 0. The van der Waals surface area contributed by atoms with Crippen molar-refractivity contribution in [2.75, 3.05) is 5.32 Å². The fourth-order valence-corrected chi connectivity index (χ4v) is 4.34. The number of thiazole rings is 1. The maximum atomic E-state index is 12.2. The Bertz CT molecular complexity index is 935. The molecular formula is C17H23N5OS2. The van der Waals surface area contributed by atoms with E-state index in [4.69, 9.17) is 4.98 Å². The van der Waals surface area contributed by atoms with Crippen LogP contribution in [0.5, 0.6) is 0 Å². The Morgan fingerprint density at radius 3 is 2.72 bits per heavy atom. The van der Waals surface area contributed by atoms with Gasteiger partial charge >= 0.3 is 0 Å². The van der Waals surface area contributed by atoms with Crippen molar-refractivity contribution in [2.24, 2.45) is 0 Å². The lowest BCUT2D eigenvalue weighted by molar-refractivity contribution is 0.569. The number of aryl methyl sites for hydroxylation is 1. The van der Waals surface area contributed by atoms with Gasteiger partial charge in [-0.25, -0.2) is 9.97 Å². The number of rotatable bonds is 5. The third-order valence-electron chi connectivity index (χ3n) is 3.80. The Hall–Kier alpha value is -1.80. The van der Waals surface area contributed by atoms with Crippen LogP contribution in [0.25, 0.3) is 4.96 Å². The first-order chi connectivity index (χ1) is 11.8.